The summed E-state index contributed by atoms with van der Waals surface area (Å²) in [4.78, 5) is 19.4. The summed E-state index contributed by atoms with van der Waals surface area (Å²) >= 11 is 1.40. The number of aryl methyl sites for hydroxylation is 1. The largest absolute Gasteiger partial charge is 0.298 e. The number of benzene rings is 1. The highest BCUT2D eigenvalue weighted by Gasteiger charge is 2.15. The molecule has 0 atom stereocenters. The van der Waals surface area contributed by atoms with Crippen molar-refractivity contribution < 1.29 is 13.2 Å². The molecule has 2 heterocycles. The van der Waals surface area contributed by atoms with Crippen LogP contribution in [0.3, 0.4) is 0 Å². The van der Waals surface area contributed by atoms with Crippen molar-refractivity contribution in [2.45, 2.75) is 32.7 Å². The Labute approximate surface area is 163 Å². The predicted molar refractivity (Wildman–Crippen MR) is 109 cm³/mol. The van der Waals surface area contributed by atoms with E-state index >= 15 is 0 Å². The molecule has 1 amide bonds. The van der Waals surface area contributed by atoms with Gasteiger partial charge in [0.1, 0.15) is 0 Å². The fourth-order valence-corrected chi connectivity index (χ4v) is 4.34. The van der Waals surface area contributed by atoms with Crippen molar-refractivity contribution in [3.8, 4) is 0 Å². The Hall–Kier alpha value is -1.97. The molecule has 2 N–H and O–H groups in total. The molecule has 0 radical (unpaired) electrons. The van der Waals surface area contributed by atoms with Crippen molar-refractivity contribution in [2.24, 2.45) is 0 Å². The van der Waals surface area contributed by atoms with E-state index in [4.69, 9.17) is 0 Å². The van der Waals surface area contributed by atoms with Crippen LogP contribution in [-0.2, 0) is 16.6 Å². The van der Waals surface area contributed by atoms with Crippen LogP contribution in [0.1, 0.15) is 40.9 Å². The zero-order valence-corrected chi connectivity index (χ0v) is 17.1. The van der Waals surface area contributed by atoms with Crippen molar-refractivity contribution in [2.75, 3.05) is 29.4 Å². The third kappa shape index (κ3) is 5.75. The molecule has 1 aromatic heterocycles. The first-order valence-electron chi connectivity index (χ1n) is 8.87. The van der Waals surface area contributed by atoms with Gasteiger partial charge in [0.25, 0.3) is 5.91 Å². The summed E-state index contributed by atoms with van der Waals surface area (Å²) in [5.74, 6) is -0.314. The molecular weight excluding hydrogens is 384 g/mol. The van der Waals surface area contributed by atoms with Gasteiger partial charge >= 0.3 is 0 Å². The number of amides is 1. The number of carbonyl (C=O) groups is 1. The number of piperidine rings is 1. The molecule has 1 aliphatic heterocycles. The van der Waals surface area contributed by atoms with Crippen LogP contribution >= 0.6 is 11.3 Å². The maximum atomic E-state index is 12.5. The summed E-state index contributed by atoms with van der Waals surface area (Å²) in [5, 5.41) is 5.31. The van der Waals surface area contributed by atoms with Gasteiger partial charge in [-0.25, -0.2) is 13.4 Å². The van der Waals surface area contributed by atoms with E-state index in [1.165, 1.54) is 36.7 Å². The molecule has 27 heavy (non-hydrogen) atoms. The normalized spacial score (nSPS) is 15.5. The Morgan fingerprint density at radius 3 is 2.70 bits per heavy atom. The van der Waals surface area contributed by atoms with Crippen molar-refractivity contribution >= 4 is 38.1 Å². The number of likely N-dealkylation sites (tertiary alicyclic amines) is 1. The standard InChI is InChI=1S/C18H24N4O3S2/c1-13-6-7-14(10-16(13)21-27(2,24)25)17(23)20-18-19-15(12-26-18)11-22-8-4-3-5-9-22/h6-7,10,12,21H,3-5,8-9,11H2,1-2H3,(H,19,20,23). The molecule has 7 nitrogen and oxygen atoms in total. The number of hydrogen-bond acceptors (Lipinski definition) is 6. The number of rotatable bonds is 6. The summed E-state index contributed by atoms with van der Waals surface area (Å²) in [6.07, 6.45) is 4.83. The molecule has 0 bridgehead atoms. The van der Waals surface area contributed by atoms with Gasteiger partial charge in [0, 0.05) is 17.5 Å². The maximum absolute atomic E-state index is 12.5. The Morgan fingerprint density at radius 1 is 1.26 bits per heavy atom. The van der Waals surface area contributed by atoms with Crippen LogP contribution in [0.5, 0.6) is 0 Å². The van der Waals surface area contributed by atoms with E-state index in [1.807, 2.05) is 5.38 Å². The Kier molecular flexibility index (Phi) is 6.13. The first-order chi connectivity index (χ1) is 12.8. The van der Waals surface area contributed by atoms with Gasteiger partial charge in [0.05, 0.1) is 17.6 Å². The monoisotopic (exact) mass is 408 g/mol. The number of nitrogens with zero attached hydrogens (tertiary/aromatic N) is 2. The van der Waals surface area contributed by atoms with E-state index in [2.05, 4.69) is 19.9 Å². The summed E-state index contributed by atoms with van der Waals surface area (Å²) in [7, 11) is -3.41. The minimum Gasteiger partial charge on any atom is -0.298 e. The second kappa shape index (κ2) is 8.37. The van der Waals surface area contributed by atoms with E-state index in [-0.39, 0.29) is 5.91 Å². The minimum atomic E-state index is -3.41. The first kappa shape index (κ1) is 19.8. The first-order valence-corrected chi connectivity index (χ1v) is 11.6. The van der Waals surface area contributed by atoms with Gasteiger partial charge < -0.3 is 0 Å². The molecule has 0 unspecified atom stereocenters. The third-order valence-corrected chi connectivity index (χ3v) is 5.80. The number of thiazole rings is 1. The topological polar surface area (TPSA) is 91.4 Å². The smallest absolute Gasteiger partial charge is 0.257 e. The second-order valence-electron chi connectivity index (χ2n) is 6.84. The minimum absolute atomic E-state index is 0.314. The van der Waals surface area contributed by atoms with Gasteiger partial charge in [-0.15, -0.1) is 11.3 Å². The van der Waals surface area contributed by atoms with Gasteiger partial charge in [-0.2, -0.15) is 0 Å². The lowest BCUT2D eigenvalue weighted by Crippen LogP contribution is -2.29. The molecule has 1 fully saturated rings. The van der Waals surface area contributed by atoms with Crippen LogP contribution in [0.4, 0.5) is 10.8 Å². The zero-order valence-electron chi connectivity index (χ0n) is 15.5. The van der Waals surface area contributed by atoms with E-state index < -0.39 is 10.0 Å². The molecule has 0 spiro atoms. The average molecular weight is 409 g/mol. The maximum Gasteiger partial charge on any atom is 0.257 e. The number of sulfonamides is 1. The lowest BCUT2D eigenvalue weighted by Gasteiger charge is -2.25. The molecule has 2 aromatic rings. The van der Waals surface area contributed by atoms with Gasteiger partial charge in [-0.05, 0) is 50.6 Å². The molecule has 1 saturated heterocycles. The van der Waals surface area contributed by atoms with E-state index in [0.717, 1.165) is 37.1 Å². The van der Waals surface area contributed by atoms with E-state index in [1.54, 1.807) is 19.1 Å². The number of nitrogens with one attached hydrogen (secondary N) is 2. The highest BCUT2D eigenvalue weighted by Crippen LogP contribution is 2.22. The molecule has 9 heteroatoms. The summed E-state index contributed by atoms with van der Waals surface area (Å²) < 4.78 is 25.4. The van der Waals surface area contributed by atoms with Crippen LogP contribution in [0.15, 0.2) is 23.6 Å². The highest BCUT2D eigenvalue weighted by molar-refractivity contribution is 7.92. The van der Waals surface area contributed by atoms with Gasteiger partial charge in [0.15, 0.2) is 5.13 Å². The van der Waals surface area contributed by atoms with Crippen LogP contribution in [0.2, 0.25) is 0 Å². The second-order valence-corrected chi connectivity index (χ2v) is 9.45. The van der Waals surface area contributed by atoms with Crippen molar-refractivity contribution in [1.82, 2.24) is 9.88 Å². The molecule has 146 valence electrons. The fraction of sp³-hybridized carbons (Fsp3) is 0.444. The van der Waals surface area contributed by atoms with Gasteiger partial charge in [-0.3, -0.25) is 19.7 Å². The summed E-state index contributed by atoms with van der Waals surface area (Å²) in [6.45, 7) is 4.78. The quantitative estimate of drug-likeness (QED) is 0.766. The van der Waals surface area contributed by atoms with Crippen LogP contribution in [0.25, 0.3) is 0 Å². The zero-order chi connectivity index (χ0) is 19.4. The van der Waals surface area contributed by atoms with Crippen molar-refractivity contribution in [1.29, 1.82) is 0 Å². The fourth-order valence-electron chi connectivity index (χ4n) is 3.03. The SMILES string of the molecule is Cc1ccc(C(=O)Nc2nc(CN3CCCCC3)cs2)cc1NS(C)(=O)=O. The lowest BCUT2D eigenvalue weighted by molar-refractivity contribution is 0.102. The van der Waals surface area contributed by atoms with Gasteiger partial charge in [-0.1, -0.05) is 12.5 Å². The van der Waals surface area contributed by atoms with Crippen LogP contribution in [0, 0.1) is 6.92 Å². The number of hydrogen-bond donors (Lipinski definition) is 2. The molecule has 3 rings (SSSR count). The summed E-state index contributed by atoms with van der Waals surface area (Å²) in [5.41, 5.74) is 2.48. The van der Waals surface area contributed by atoms with Crippen LogP contribution in [-0.4, -0.2) is 43.6 Å². The predicted octanol–water partition coefficient (Wildman–Crippen LogP) is 3.06. The lowest BCUT2D eigenvalue weighted by atomic mass is 10.1. The number of anilines is 2. The highest BCUT2D eigenvalue weighted by atomic mass is 32.2. The Morgan fingerprint density at radius 2 is 2.00 bits per heavy atom. The molecule has 1 aromatic carbocycles. The van der Waals surface area contributed by atoms with Crippen molar-refractivity contribution in [3.63, 3.8) is 0 Å². The Bertz CT molecular complexity index is 918. The number of aromatic nitrogens is 1. The van der Waals surface area contributed by atoms with Crippen molar-refractivity contribution in [3.05, 3.63) is 40.4 Å². The molecular formula is C18H24N4O3S2. The van der Waals surface area contributed by atoms with E-state index in [9.17, 15) is 13.2 Å². The van der Waals surface area contributed by atoms with E-state index in [0.29, 0.717) is 16.4 Å². The number of carbonyl (C=O) groups excluding carboxylic acids is 1. The third-order valence-electron chi connectivity index (χ3n) is 4.40. The average Bonchev–Trinajstić information content (AvgIpc) is 3.03. The van der Waals surface area contributed by atoms with Gasteiger partial charge in [0.2, 0.25) is 10.0 Å². The summed E-state index contributed by atoms with van der Waals surface area (Å²) in [6, 6.07) is 4.92. The molecule has 0 aliphatic carbocycles. The molecule has 1 aliphatic rings. The Balaban J connectivity index is 1.66. The molecule has 0 saturated carbocycles. The van der Waals surface area contributed by atoms with Crippen LogP contribution < -0.4 is 10.0 Å².